The number of carbonyl (C=O) groups excluding carboxylic acids is 1. The standard InChI is InChI=1S/C10H8F3NO3/c11-10(12,13)5-1-2-6(7(14)3-5)8(15)4-9(16)17/h1-3H,4,14H2,(H,16,17). The molecule has 4 nitrogen and oxygen atoms in total. The van der Waals surface area contributed by atoms with Crippen molar-refractivity contribution in [1.82, 2.24) is 0 Å². The zero-order chi connectivity index (χ0) is 13.2. The maximum Gasteiger partial charge on any atom is 0.416 e. The number of anilines is 1. The predicted molar refractivity (Wildman–Crippen MR) is 52.4 cm³/mol. The van der Waals surface area contributed by atoms with E-state index >= 15 is 0 Å². The van der Waals surface area contributed by atoms with Gasteiger partial charge in [-0.1, -0.05) is 0 Å². The van der Waals surface area contributed by atoms with Gasteiger partial charge in [0.1, 0.15) is 6.42 Å². The van der Waals surface area contributed by atoms with Crippen molar-refractivity contribution in [1.29, 1.82) is 0 Å². The molecule has 1 aromatic rings. The second-order valence-electron chi connectivity index (χ2n) is 3.29. The molecule has 92 valence electrons. The molecule has 0 saturated carbocycles. The summed E-state index contributed by atoms with van der Waals surface area (Å²) < 4.78 is 36.8. The Kier molecular flexibility index (Phi) is 3.40. The number of nitrogens with two attached hydrogens (primary N) is 1. The van der Waals surface area contributed by atoms with Crippen molar-refractivity contribution in [3.63, 3.8) is 0 Å². The van der Waals surface area contributed by atoms with Crippen LogP contribution < -0.4 is 5.73 Å². The number of halogens is 3. The molecule has 0 amide bonds. The van der Waals surface area contributed by atoms with Crippen LogP contribution in [0.4, 0.5) is 18.9 Å². The Hall–Kier alpha value is -2.05. The van der Waals surface area contributed by atoms with Crippen LogP contribution in [-0.4, -0.2) is 16.9 Å². The van der Waals surface area contributed by atoms with Crippen molar-refractivity contribution in [2.45, 2.75) is 12.6 Å². The van der Waals surface area contributed by atoms with Crippen molar-refractivity contribution >= 4 is 17.4 Å². The van der Waals surface area contributed by atoms with Crippen LogP contribution in [0.1, 0.15) is 22.3 Å². The minimum atomic E-state index is -4.55. The predicted octanol–water partition coefficient (Wildman–Crippen LogP) is 1.94. The number of hydrogen-bond acceptors (Lipinski definition) is 3. The molecule has 0 spiro atoms. The normalized spacial score (nSPS) is 11.2. The lowest BCUT2D eigenvalue weighted by Crippen LogP contribution is -2.12. The van der Waals surface area contributed by atoms with E-state index in [1.807, 2.05) is 0 Å². The zero-order valence-corrected chi connectivity index (χ0v) is 8.41. The van der Waals surface area contributed by atoms with Gasteiger partial charge in [0.05, 0.1) is 5.56 Å². The quantitative estimate of drug-likeness (QED) is 0.486. The average Bonchev–Trinajstić information content (AvgIpc) is 2.14. The molecule has 0 aliphatic carbocycles. The lowest BCUT2D eigenvalue weighted by atomic mass is 10.0. The van der Waals surface area contributed by atoms with Crippen molar-refractivity contribution in [2.75, 3.05) is 5.73 Å². The van der Waals surface area contributed by atoms with Crippen molar-refractivity contribution < 1.29 is 27.9 Å². The second-order valence-corrected chi connectivity index (χ2v) is 3.29. The Morgan fingerprint density at radius 2 is 1.88 bits per heavy atom. The molecule has 0 bridgehead atoms. The number of alkyl halides is 3. The van der Waals surface area contributed by atoms with Gasteiger partial charge in [-0.05, 0) is 18.2 Å². The van der Waals surface area contributed by atoms with E-state index in [0.717, 1.165) is 6.07 Å². The molecule has 0 fully saturated rings. The maximum absolute atomic E-state index is 12.3. The lowest BCUT2D eigenvalue weighted by molar-refractivity contribution is -0.138. The number of rotatable bonds is 3. The average molecular weight is 247 g/mol. The van der Waals surface area contributed by atoms with Crippen LogP contribution >= 0.6 is 0 Å². The third kappa shape index (κ3) is 3.20. The fourth-order valence-corrected chi connectivity index (χ4v) is 1.23. The number of carboxylic acids is 1. The highest BCUT2D eigenvalue weighted by Gasteiger charge is 2.31. The first-order chi connectivity index (χ1) is 7.71. The summed E-state index contributed by atoms with van der Waals surface area (Å²) in [7, 11) is 0. The number of benzene rings is 1. The molecular formula is C10H8F3NO3. The fourth-order valence-electron chi connectivity index (χ4n) is 1.23. The number of nitrogen functional groups attached to an aromatic ring is 1. The maximum atomic E-state index is 12.3. The summed E-state index contributed by atoms with van der Waals surface area (Å²) in [6, 6.07) is 2.17. The number of carbonyl (C=O) groups is 2. The molecule has 17 heavy (non-hydrogen) atoms. The van der Waals surface area contributed by atoms with E-state index in [0.29, 0.717) is 12.1 Å². The van der Waals surface area contributed by atoms with Crippen LogP contribution in [0.25, 0.3) is 0 Å². The smallest absolute Gasteiger partial charge is 0.416 e. The monoisotopic (exact) mass is 247 g/mol. The molecule has 0 saturated heterocycles. The number of aliphatic carboxylic acids is 1. The Balaban J connectivity index is 3.06. The van der Waals surface area contributed by atoms with E-state index < -0.39 is 29.9 Å². The third-order valence-electron chi connectivity index (χ3n) is 1.99. The van der Waals surface area contributed by atoms with Crippen molar-refractivity contribution in [2.24, 2.45) is 0 Å². The Morgan fingerprint density at radius 3 is 2.29 bits per heavy atom. The van der Waals surface area contributed by atoms with E-state index in [1.165, 1.54) is 0 Å². The van der Waals surface area contributed by atoms with Crippen LogP contribution in [0.3, 0.4) is 0 Å². The van der Waals surface area contributed by atoms with E-state index in [1.54, 1.807) is 0 Å². The van der Waals surface area contributed by atoms with Gasteiger partial charge >= 0.3 is 12.1 Å². The largest absolute Gasteiger partial charge is 0.481 e. The number of Topliss-reactive ketones (excluding diaryl/α,β-unsaturated/α-hetero) is 1. The van der Waals surface area contributed by atoms with Gasteiger partial charge in [-0.15, -0.1) is 0 Å². The van der Waals surface area contributed by atoms with Crippen molar-refractivity contribution in [3.8, 4) is 0 Å². The molecule has 0 aliphatic heterocycles. The van der Waals surface area contributed by atoms with Gasteiger partial charge in [0, 0.05) is 11.3 Å². The van der Waals surface area contributed by atoms with Crippen LogP contribution in [0.15, 0.2) is 18.2 Å². The zero-order valence-electron chi connectivity index (χ0n) is 8.41. The van der Waals surface area contributed by atoms with Gasteiger partial charge in [-0.3, -0.25) is 9.59 Å². The van der Waals surface area contributed by atoms with E-state index in [-0.39, 0.29) is 11.3 Å². The third-order valence-corrected chi connectivity index (χ3v) is 1.99. The number of hydrogen-bond donors (Lipinski definition) is 2. The number of ketones is 1. The summed E-state index contributed by atoms with van der Waals surface area (Å²) in [5.74, 6) is -2.20. The summed E-state index contributed by atoms with van der Waals surface area (Å²) in [5, 5.41) is 8.38. The minimum Gasteiger partial charge on any atom is -0.481 e. The topological polar surface area (TPSA) is 80.4 Å². The summed E-state index contributed by atoms with van der Waals surface area (Å²) in [6.45, 7) is 0. The molecule has 0 aliphatic rings. The molecule has 7 heteroatoms. The molecule has 0 aromatic heterocycles. The molecule has 1 aromatic carbocycles. The van der Waals surface area contributed by atoms with E-state index in [9.17, 15) is 22.8 Å². The first-order valence-electron chi connectivity index (χ1n) is 4.43. The van der Waals surface area contributed by atoms with E-state index in [4.69, 9.17) is 10.8 Å². The highest BCUT2D eigenvalue weighted by atomic mass is 19.4. The molecule has 3 N–H and O–H groups in total. The second kappa shape index (κ2) is 4.44. The van der Waals surface area contributed by atoms with Gasteiger partial charge in [0.15, 0.2) is 5.78 Å². The van der Waals surface area contributed by atoms with Gasteiger partial charge in [0.2, 0.25) is 0 Å². The molecule has 1 rings (SSSR count). The van der Waals surface area contributed by atoms with Crippen LogP contribution in [0, 0.1) is 0 Å². The van der Waals surface area contributed by atoms with Gasteiger partial charge in [0.25, 0.3) is 0 Å². The molecule has 0 radical (unpaired) electrons. The number of carboxylic acid groups (broad SMARTS) is 1. The highest BCUT2D eigenvalue weighted by molar-refractivity contribution is 6.08. The first-order valence-corrected chi connectivity index (χ1v) is 4.43. The molecule has 0 unspecified atom stereocenters. The van der Waals surface area contributed by atoms with Gasteiger partial charge < -0.3 is 10.8 Å². The summed E-state index contributed by atoms with van der Waals surface area (Å²) in [6.07, 6.45) is -5.36. The Labute approximate surface area is 93.8 Å². The summed E-state index contributed by atoms with van der Waals surface area (Å²) in [4.78, 5) is 21.6. The first kappa shape index (κ1) is 13.0. The van der Waals surface area contributed by atoms with Crippen LogP contribution in [0.5, 0.6) is 0 Å². The molecule has 0 atom stereocenters. The van der Waals surface area contributed by atoms with Gasteiger partial charge in [-0.2, -0.15) is 13.2 Å². The van der Waals surface area contributed by atoms with E-state index in [2.05, 4.69) is 0 Å². The van der Waals surface area contributed by atoms with Crippen molar-refractivity contribution in [3.05, 3.63) is 29.3 Å². The molecule has 0 heterocycles. The fraction of sp³-hybridized carbons (Fsp3) is 0.200. The minimum absolute atomic E-state index is 0.222. The molecular weight excluding hydrogens is 239 g/mol. The van der Waals surface area contributed by atoms with Gasteiger partial charge in [-0.25, -0.2) is 0 Å². The van der Waals surface area contributed by atoms with Crippen LogP contribution in [0.2, 0.25) is 0 Å². The van der Waals surface area contributed by atoms with Crippen LogP contribution in [-0.2, 0) is 11.0 Å². The summed E-state index contributed by atoms with van der Waals surface area (Å²) in [5.41, 5.74) is 3.69. The summed E-state index contributed by atoms with van der Waals surface area (Å²) >= 11 is 0. The lowest BCUT2D eigenvalue weighted by Gasteiger charge is -2.09. The Bertz CT molecular complexity index is 468. The Morgan fingerprint density at radius 1 is 1.29 bits per heavy atom. The SMILES string of the molecule is Nc1cc(C(F)(F)F)ccc1C(=O)CC(=O)O. The highest BCUT2D eigenvalue weighted by Crippen LogP contribution is 2.31.